The molecule has 0 aliphatic heterocycles. The van der Waals surface area contributed by atoms with E-state index in [1.807, 2.05) is 25.1 Å². The van der Waals surface area contributed by atoms with Crippen molar-refractivity contribution in [3.05, 3.63) is 29.6 Å². The minimum absolute atomic E-state index is 0.129. The van der Waals surface area contributed by atoms with Crippen molar-refractivity contribution in [3.8, 4) is 0 Å². The van der Waals surface area contributed by atoms with Crippen LogP contribution < -0.4 is 0 Å². The molecule has 0 N–H and O–H groups in total. The maximum Gasteiger partial charge on any atom is 0.317 e. The Morgan fingerprint density at radius 3 is 2.59 bits per heavy atom. The number of hydrogen-bond acceptors (Lipinski definition) is 3. The average Bonchev–Trinajstić information content (AvgIpc) is 2.38. The zero-order chi connectivity index (χ0) is 12.3. The van der Waals surface area contributed by atoms with Crippen LogP contribution in [0.15, 0.2) is 18.2 Å². The smallest absolute Gasteiger partial charge is 0.317 e. The van der Waals surface area contributed by atoms with Gasteiger partial charge < -0.3 is 4.74 Å². The van der Waals surface area contributed by atoms with Crippen LogP contribution in [0.4, 0.5) is 0 Å². The molecule has 1 aromatic rings. The van der Waals surface area contributed by atoms with Gasteiger partial charge in [-0.25, -0.2) is 0 Å². The molecule has 3 nitrogen and oxygen atoms in total. The van der Waals surface area contributed by atoms with Crippen LogP contribution >= 0.6 is 0 Å². The molecule has 0 spiro atoms. The lowest BCUT2D eigenvalue weighted by Crippen LogP contribution is -2.39. The average molecular weight is 233 g/mol. The van der Waals surface area contributed by atoms with Crippen LogP contribution in [0, 0.1) is 6.92 Å². The number of aromatic nitrogens is 1. The summed E-state index contributed by atoms with van der Waals surface area (Å²) in [4.78, 5) is 16.7. The molecule has 1 heterocycles. The Labute approximate surface area is 102 Å². The fourth-order valence-electron chi connectivity index (χ4n) is 2.73. The second-order valence-electron chi connectivity index (χ2n) is 4.80. The molecule has 1 aromatic heterocycles. The van der Waals surface area contributed by atoms with Gasteiger partial charge in [0.15, 0.2) is 0 Å². The molecule has 1 aliphatic rings. The number of methoxy groups -OCH3 is 1. The van der Waals surface area contributed by atoms with E-state index in [2.05, 4.69) is 4.98 Å². The van der Waals surface area contributed by atoms with Gasteiger partial charge in [-0.2, -0.15) is 0 Å². The van der Waals surface area contributed by atoms with E-state index in [-0.39, 0.29) is 5.97 Å². The number of rotatable bonds is 2. The molecule has 1 saturated carbocycles. The van der Waals surface area contributed by atoms with Gasteiger partial charge in [0.25, 0.3) is 0 Å². The van der Waals surface area contributed by atoms with E-state index in [0.717, 1.165) is 37.1 Å². The summed E-state index contributed by atoms with van der Waals surface area (Å²) in [6.45, 7) is 1.96. The zero-order valence-corrected chi connectivity index (χ0v) is 10.5. The Kier molecular flexibility index (Phi) is 3.46. The maximum absolute atomic E-state index is 12.1. The number of ether oxygens (including phenoxy) is 1. The highest BCUT2D eigenvalue weighted by molar-refractivity contribution is 5.82. The largest absolute Gasteiger partial charge is 0.468 e. The molecule has 0 amide bonds. The van der Waals surface area contributed by atoms with E-state index in [9.17, 15) is 4.79 Å². The topological polar surface area (TPSA) is 39.2 Å². The van der Waals surface area contributed by atoms with E-state index >= 15 is 0 Å². The van der Waals surface area contributed by atoms with Crippen LogP contribution in [0.2, 0.25) is 0 Å². The third kappa shape index (κ3) is 2.19. The van der Waals surface area contributed by atoms with E-state index in [1.165, 1.54) is 13.5 Å². The zero-order valence-electron chi connectivity index (χ0n) is 10.5. The maximum atomic E-state index is 12.1. The number of aryl methyl sites for hydroxylation is 1. The molecule has 1 fully saturated rings. The lowest BCUT2D eigenvalue weighted by Gasteiger charge is -2.34. The van der Waals surface area contributed by atoms with Crippen LogP contribution in [0.25, 0.3) is 0 Å². The SMILES string of the molecule is COC(=O)C1(c2cccc(C)n2)CCCCC1. The number of hydrogen-bond donors (Lipinski definition) is 0. The molecule has 0 aromatic carbocycles. The number of esters is 1. The first-order valence-corrected chi connectivity index (χ1v) is 6.21. The summed E-state index contributed by atoms with van der Waals surface area (Å²) < 4.78 is 5.01. The van der Waals surface area contributed by atoms with Crippen LogP contribution in [-0.4, -0.2) is 18.1 Å². The van der Waals surface area contributed by atoms with Gasteiger partial charge in [0, 0.05) is 5.69 Å². The summed E-state index contributed by atoms with van der Waals surface area (Å²) >= 11 is 0. The third-order valence-corrected chi connectivity index (χ3v) is 3.66. The molecule has 0 saturated heterocycles. The number of pyridine rings is 1. The molecule has 0 atom stereocenters. The molecule has 17 heavy (non-hydrogen) atoms. The molecule has 0 radical (unpaired) electrons. The number of carbonyl (C=O) groups excluding carboxylic acids is 1. The lowest BCUT2D eigenvalue weighted by atomic mass is 9.71. The van der Waals surface area contributed by atoms with Gasteiger partial charge in [0.05, 0.1) is 12.8 Å². The van der Waals surface area contributed by atoms with Gasteiger partial charge in [0.1, 0.15) is 5.41 Å². The predicted molar refractivity (Wildman–Crippen MR) is 65.8 cm³/mol. The first-order valence-electron chi connectivity index (χ1n) is 6.21. The standard InChI is InChI=1S/C14H19NO2/c1-11-7-6-8-12(15-11)14(13(16)17-2)9-4-3-5-10-14/h6-8H,3-5,9-10H2,1-2H3. The third-order valence-electron chi connectivity index (χ3n) is 3.66. The van der Waals surface area contributed by atoms with Crippen molar-refractivity contribution in [2.75, 3.05) is 7.11 Å². The Balaban J connectivity index is 2.42. The van der Waals surface area contributed by atoms with Crippen molar-refractivity contribution in [2.45, 2.75) is 44.4 Å². The van der Waals surface area contributed by atoms with Crippen molar-refractivity contribution >= 4 is 5.97 Å². The normalized spacial score (nSPS) is 18.7. The van der Waals surface area contributed by atoms with Crippen molar-refractivity contribution in [1.29, 1.82) is 0 Å². The van der Waals surface area contributed by atoms with Crippen LogP contribution in [-0.2, 0) is 14.9 Å². The summed E-state index contributed by atoms with van der Waals surface area (Å²) in [5.74, 6) is -0.129. The quantitative estimate of drug-likeness (QED) is 0.737. The first kappa shape index (κ1) is 12.1. The molecular weight excluding hydrogens is 214 g/mol. The van der Waals surface area contributed by atoms with E-state index in [1.54, 1.807) is 0 Å². The summed E-state index contributed by atoms with van der Waals surface area (Å²) in [5.41, 5.74) is 1.33. The highest BCUT2D eigenvalue weighted by atomic mass is 16.5. The summed E-state index contributed by atoms with van der Waals surface area (Å²) in [6.07, 6.45) is 5.06. The minimum Gasteiger partial charge on any atom is -0.468 e. The Morgan fingerprint density at radius 2 is 2.00 bits per heavy atom. The fraction of sp³-hybridized carbons (Fsp3) is 0.571. The molecule has 1 aliphatic carbocycles. The molecule has 92 valence electrons. The predicted octanol–water partition coefficient (Wildman–Crippen LogP) is 2.76. The van der Waals surface area contributed by atoms with Gasteiger partial charge in [-0.05, 0) is 31.9 Å². The monoisotopic (exact) mass is 233 g/mol. The number of nitrogens with zero attached hydrogens (tertiary/aromatic N) is 1. The summed E-state index contributed by atoms with van der Waals surface area (Å²) in [5, 5.41) is 0. The fourth-order valence-corrected chi connectivity index (χ4v) is 2.73. The second kappa shape index (κ2) is 4.86. The summed E-state index contributed by atoms with van der Waals surface area (Å²) in [6, 6.07) is 5.88. The first-order chi connectivity index (χ1) is 8.19. The van der Waals surface area contributed by atoms with E-state index in [4.69, 9.17) is 4.74 Å². The van der Waals surface area contributed by atoms with Crippen LogP contribution in [0.3, 0.4) is 0 Å². The highest BCUT2D eigenvalue weighted by Gasteiger charge is 2.43. The van der Waals surface area contributed by atoms with Crippen LogP contribution in [0.1, 0.15) is 43.5 Å². The molecular formula is C14H19NO2. The van der Waals surface area contributed by atoms with Crippen molar-refractivity contribution in [3.63, 3.8) is 0 Å². The Bertz CT molecular complexity index is 408. The molecule has 2 rings (SSSR count). The Morgan fingerprint density at radius 1 is 1.29 bits per heavy atom. The molecule has 0 unspecified atom stereocenters. The molecule has 3 heteroatoms. The lowest BCUT2D eigenvalue weighted by molar-refractivity contribution is -0.149. The molecule has 0 bridgehead atoms. The van der Waals surface area contributed by atoms with Gasteiger partial charge in [-0.15, -0.1) is 0 Å². The minimum atomic E-state index is -0.501. The van der Waals surface area contributed by atoms with Crippen molar-refractivity contribution in [1.82, 2.24) is 4.98 Å². The van der Waals surface area contributed by atoms with E-state index < -0.39 is 5.41 Å². The van der Waals surface area contributed by atoms with Crippen molar-refractivity contribution in [2.24, 2.45) is 0 Å². The van der Waals surface area contributed by atoms with E-state index in [0.29, 0.717) is 0 Å². The van der Waals surface area contributed by atoms with Crippen molar-refractivity contribution < 1.29 is 9.53 Å². The van der Waals surface area contributed by atoms with Gasteiger partial charge in [-0.3, -0.25) is 9.78 Å². The van der Waals surface area contributed by atoms with Gasteiger partial charge in [-0.1, -0.05) is 25.3 Å². The Hall–Kier alpha value is -1.38. The van der Waals surface area contributed by atoms with Gasteiger partial charge in [0.2, 0.25) is 0 Å². The van der Waals surface area contributed by atoms with Gasteiger partial charge >= 0.3 is 5.97 Å². The number of carbonyl (C=O) groups is 1. The van der Waals surface area contributed by atoms with Crippen LogP contribution in [0.5, 0.6) is 0 Å². The highest BCUT2D eigenvalue weighted by Crippen LogP contribution is 2.39. The summed E-state index contributed by atoms with van der Waals surface area (Å²) in [7, 11) is 1.47. The second-order valence-corrected chi connectivity index (χ2v) is 4.80.